The van der Waals surface area contributed by atoms with E-state index >= 15 is 0 Å². The predicted molar refractivity (Wildman–Crippen MR) is 96.7 cm³/mol. The van der Waals surface area contributed by atoms with Gasteiger partial charge < -0.3 is 14.5 Å². The molecule has 9 nitrogen and oxygen atoms in total. The molecule has 0 aromatic heterocycles. The van der Waals surface area contributed by atoms with Crippen molar-refractivity contribution in [3.8, 4) is 0 Å². The van der Waals surface area contributed by atoms with Crippen molar-refractivity contribution < 1.29 is 28.9 Å². The molecule has 0 atom stereocenters. The highest BCUT2D eigenvalue weighted by molar-refractivity contribution is 6.68. The van der Waals surface area contributed by atoms with E-state index in [4.69, 9.17) is 14.5 Å². The van der Waals surface area contributed by atoms with Gasteiger partial charge in [0.25, 0.3) is 0 Å². The van der Waals surface area contributed by atoms with Crippen LogP contribution in [0, 0.1) is 0 Å². The minimum atomic E-state index is -0.632. The summed E-state index contributed by atoms with van der Waals surface area (Å²) in [5.41, 5.74) is 0.681. The molecule has 9 heteroatoms. The molecule has 0 rings (SSSR count). The molecule has 0 amide bonds. The van der Waals surface area contributed by atoms with Crippen molar-refractivity contribution >= 4 is 35.0 Å². The summed E-state index contributed by atoms with van der Waals surface area (Å²) in [6.45, 7) is 7.60. The van der Waals surface area contributed by atoms with E-state index in [1.165, 1.54) is 20.8 Å². The molecule has 0 heterocycles. The molecule has 26 heavy (non-hydrogen) atoms. The number of oxime groups is 3. The molecule has 0 N–H and O–H groups in total. The first kappa shape index (κ1) is 23.4. The second-order valence-corrected chi connectivity index (χ2v) is 5.47. The minimum Gasteiger partial charge on any atom is -0.318 e. The van der Waals surface area contributed by atoms with E-state index in [2.05, 4.69) is 15.5 Å². The van der Waals surface area contributed by atoms with Crippen LogP contribution in [0.2, 0.25) is 0 Å². The Hall–Kier alpha value is -2.58. The zero-order valence-electron chi connectivity index (χ0n) is 16.0. The topological polar surface area (TPSA) is 116 Å². The first-order chi connectivity index (χ1) is 12.3. The lowest BCUT2D eigenvalue weighted by Gasteiger charge is -2.11. The molecule has 0 saturated heterocycles. The molecule has 0 spiro atoms. The van der Waals surface area contributed by atoms with E-state index in [1.54, 1.807) is 0 Å². The van der Waals surface area contributed by atoms with Gasteiger partial charge in [-0.15, -0.1) is 0 Å². The molecule has 0 fully saturated rings. The van der Waals surface area contributed by atoms with Crippen LogP contribution in [0.15, 0.2) is 15.5 Å². The van der Waals surface area contributed by atoms with Crippen LogP contribution in [0.1, 0.15) is 73.1 Å². The summed E-state index contributed by atoms with van der Waals surface area (Å²) in [6.07, 6.45) is 3.99. The van der Waals surface area contributed by atoms with Crippen LogP contribution in [0.3, 0.4) is 0 Å². The number of rotatable bonds is 11. The highest BCUT2D eigenvalue weighted by Gasteiger charge is 2.20. The highest BCUT2D eigenvalue weighted by atomic mass is 16.7. The molecular formula is C17H27N3O6. The van der Waals surface area contributed by atoms with Crippen molar-refractivity contribution in [2.75, 3.05) is 0 Å². The Kier molecular flexibility index (Phi) is 12.3. The van der Waals surface area contributed by atoms with Crippen LogP contribution in [0.25, 0.3) is 0 Å². The van der Waals surface area contributed by atoms with Gasteiger partial charge in [-0.05, 0) is 25.7 Å². The van der Waals surface area contributed by atoms with Crippen molar-refractivity contribution in [3.05, 3.63) is 0 Å². The summed E-state index contributed by atoms with van der Waals surface area (Å²) >= 11 is 0. The second-order valence-electron chi connectivity index (χ2n) is 5.47. The molecule has 0 saturated carbocycles. The van der Waals surface area contributed by atoms with Gasteiger partial charge in [-0.1, -0.05) is 42.2 Å². The summed E-state index contributed by atoms with van der Waals surface area (Å²) in [4.78, 5) is 47.6. The fraction of sp³-hybridized carbons (Fsp3) is 0.647. The number of hydrogen-bond acceptors (Lipinski definition) is 9. The van der Waals surface area contributed by atoms with Gasteiger partial charge >= 0.3 is 17.9 Å². The monoisotopic (exact) mass is 369 g/mol. The Morgan fingerprint density at radius 1 is 0.654 bits per heavy atom. The smallest absolute Gasteiger partial charge is 0.318 e. The number of carbonyl (C=O) groups is 3. The van der Waals surface area contributed by atoms with Gasteiger partial charge in [0.1, 0.15) is 11.4 Å². The van der Waals surface area contributed by atoms with Crippen molar-refractivity contribution in [1.82, 2.24) is 0 Å². The van der Waals surface area contributed by atoms with Gasteiger partial charge in [-0.3, -0.25) is 0 Å². The van der Waals surface area contributed by atoms with Crippen molar-refractivity contribution in [2.24, 2.45) is 15.5 Å². The van der Waals surface area contributed by atoms with Gasteiger partial charge in [-0.25, -0.2) is 14.4 Å². The second kappa shape index (κ2) is 13.7. The predicted octanol–water partition coefficient (Wildman–Crippen LogP) is 3.12. The first-order valence-electron chi connectivity index (χ1n) is 8.56. The lowest BCUT2D eigenvalue weighted by Crippen LogP contribution is -2.26. The van der Waals surface area contributed by atoms with Crippen LogP contribution < -0.4 is 0 Å². The number of hydrogen-bond donors (Lipinski definition) is 0. The average Bonchev–Trinajstić information content (AvgIpc) is 2.57. The zero-order valence-corrected chi connectivity index (χ0v) is 16.0. The average molecular weight is 369 g/mol. The van der Waals surface area contributed by atoms with Gasteiger partial charge in [0.2, 0.25) is 0 Å². The maximum Gasteiger partial charge on any atom is 0.332 e. The summed E-state index contributed by atoms with van der Waals surface area (Å²) in [7, 11) is 0. The maximum absolute atomic E-state index is 11.2. The van der Waals surface area contributed by atoms with Crippen molar-refractivity contribution in [2.45, 2.75) is 73.1 Å². The Bertz CT molecular complexity index is 541. The van der Waals surface area contributed by atoms with Crippen LogP contribution >= 0.6 is 0 Å². The van der Waals surface area contributed by atoms with Gasteiger partial charge in [0.15, 0.2) is 5.71 Å². The molecule has 0 aliphatic heterocycles. The summed E-state index contributed by atoms with van der Waals surface area (Å²) in [5, 5.41) is 11.4. The van der Waals surface area contributed by atoms with E-state index in [-0.39, 0.29) is 17.1 Å². The van der Waals surface area contributed by atoms with E-state index in [9.17, 15) is 14.4 Å². The summed E-state index contributed by atoms with van der Waals surface area (Å²) < 4.78 is 0. The standard InChI is InChI=1S/C17H27N3O6/c1-6-8-10-15(18-24-12(3)21)17(20-26-14(5)23)16(11-9-7-2)19-25-13(4)22/h6-11H2,1-5H3/b18-15+,19-16+. The third-order valence-electron chi connectivity index (χ3n) is 2.92. The fourth-order valence-corrected chi connectivity index (χ4v) is 1.72. The highest BCUT2D eigenvalue weighted by Crippen LogP contribution is 2.08. The molecule has 0 radical (unpaired) electrons. The largest absolute Gasteiger partial charge is 0.332 e. The fourth-order valence-electron chi connectivity index (χ4n) is 1.72. The number of carbonyl (C=O) groups excluding carboxylic acids is 3. The van der Waals surface area contributed by atoms with E-state index in [0.717, 1.165) is 25.7 Å². The number of nitrogens with zero attached hydrogens (tertiary/aromatic N) is 3. The molecule has 0 aromatic rings. The summed E-state index contributed by atoms with van der Waals surface area (Å²) in [5.74, 6) is -1.83. The van der Waals surface area contributed by atoms with Gasteiger partial charge in [0, 0.05) is 20.8 Å². The van der Waals surface area contributed by atoms with Crippen LogP contribution in [0.4, 0.5) is 0 Å². The summed E-state index contributed by atoms with van der Waals surface area (Å²) in [6, 6.07) is 0. The van der Waals surface area contributed by atoms with E-state index < -0.39 is 17.9 Å². The van der Waals surface area contributed by atoms with E-state index in [1.807, 2.05) is 13.8 Å². The minimum absolute atomic E-state index is 0.115. The Morgan fingerprint density at radius 3 is 1.31 bits per heavy atom. The molecule has 0 bridgehead atoms. The van der Waals surface area contributed by atoms with Crippen LogP contribution in [-0.4, -0.2) is 35.0 Å². The zero-order chi connectivity index (χ0) is 19.9. The van der Waals surface area contributed by atoms with Crippen molar-refractivity contribution in [3.63, 3.8) is 0 Å². The third kappa shape index (κ3) is 11.1. The Labute approximate surface area is 153 Å². The number of unbranched alkanes of at least 4 members (excludes halogenated alkanes) is 2. The normalized spacial score (nSPS) is 11.6. The lowest BCUT2D eigenvalue weighted by molar-refractivity contribution is -0.142. The van der Waals surface area contributed by atoms with Crippen molar-refractivity contribution in [1.29, 1.82) is 0 Å². The molecule has 0 unspecified atom stereocenters. The van der Waals surface area contributed by atoms with Crippen LogP contribution in [-0.2, 0) is 28.9 Å². The first-order valence-corrected chi connectivity index (χ1v) is 8.56. The van der Waals surface area contributed by atoms with Gasteiger partial charge in [-0.2, -0.15) is 0 Å². The lowest BCUT2D eigenvalue weighted by atomic mass is 10.0. The molecular weight excluding hydrogens is 342 g/mol. The SMILES string of the molecule is CCCC/C(=N\OC(C)=O)C(=NOC(C)=O)/C(CCCC)=N/OC(C)=O. The quantitative estimate of drug-likeness (QED) is 0.314. The Morgan fingerprint density at radius 2 is 1.00 bits per heavy atom. The third-order valence-corrected chi connectivity index (χ3v) is 2.92. The maximum atomic E-state index is 11.2. The molecule has 0 aliphatic rings. The van der Waals surface area contributed by atoms with Crippen LogP contribution in [0.5, 0.6) is 0 Å². The van der Waals surface area contributed by atoms with E-state index in [0.29, 0.717) is 12.8 Å². The molecule has 0 aromatic carbocycles. The van der Waals surface area contributed by atoms with Gasteiger partial charge in [0.05, 0.1) is 0 Å². The molecule has 0 aliphatic carbocycles. The Balaban J connectivity index is 5.96. The molecule has 146 valence electrons.